The van der Waals surface area contributed by atoms with E-state index >= 15 is 0 Å². The van der Waals surface area contributed by atoms with Crippen molar-refractivity contribution in [3.63, 3.8) is 0 Å². The molecule has 0 bridgehead atoms. The Morgan fingerprint density at radius 1 is 1.42 bits per heavy atom. The van der Waals surface area contributed by atoms with Crippen LogP contribution in [0.4, 0.5) is 0 Å². The molecule has 1 heterocycles. The Hall–Kier alpha value is -0.960. The minimum atomic E-state index is -3.64. The van der Waals surface area contributed by atoms with Gasteiger partial charge in [0.1, 0.15) is 0 Å². The smallest absolute Gasteiger partial charge is 0.257 e. The molecule has 0 amide bonds. The van der Waals surface area contributed by atoms with Gasteiger partial charge >= 0.3 is 0 Å². The molecule has 0 aliphatic heterocycles. The predicted molar refractivity (Wildman–Crippen MR) is 70.0 cm³/mol. The van der Waals surface area contributed by atoms with Crippen LogP contribution in [0.25, 0.3) is 0 Å². The van der Waals surface area contributed by atoms with Gasteiger partial charge in [0, 0.05) is 25.3 Å². The highest BCUT2D eigenvalue weighted by Gasteiger charge is 2.19. The fourth-order valence-electron chi connectivity index (χ4n) is 1.45. The third-order valence-electron chi connectivity index (χ3n) is 2.52. The first kappa shape index (κ1) is 16.1. The Morgan fingerprint density at radius 2 is 2.16 bits per heavy atom. The van der Waals surface area contributed by atoms with Crippen molar-refractivity contribution in [3.05, 3.63) is 11.8 Å². The number of aliphatic hydroxyl groups is 1. The van der Waals surface area contributed by atoms with Crippen LogP contribution in [0, 0.1) is 0 Å². The van der Waals surface area contributed by atoms with Crippen LogP contribution in [0.1, 0.15) is 31.7 Å². The number of hydrogen-bond donors (Lipinski definition) is 3. The van der Waals surface area contributed by atoms with Crippen LogP contribution < -0.4 is 4.72 Å². The molecule has 0 saturated carbocycles. The van der Waals surface area contributed by atoms with Crippen molar-refractivity contribution >= 4 is 10.0 Å². The first-order chi connectivity index (χ1) is 9.11. The maximum atomic E-state index is 11.9. The average Bonchev–Trinajstić information content (AvgIpc) is 2.87. The van der Waals surface area contributed by atoms with Crippen molar-refractivity contribution in [1.29, 1.82) is 0 Å². The largest absolute Gasteiger partial charge is 0.392 e. The minimum Gasteiger partial charge on any atom is -0.392 e. The Balaban J connectivity index is 2.32. The number of unbranched alkanes of at least 4 members (excludes halogenated alkanes) is 1. The SMILES string of the molecule is CCCCOCCCNS(=O)(=O)c1[nH]ncc1CO. The lowest BCUT2D eigenvalue weighted by Gasteiger charge is -2.06. The number of aromatic amines is 1. The summed E-state index contributed by atoms with van der Waals surface area (Å²) in [5.41, 5.74) is 0.256. The number of nitrogens with zero attached hydrogens (tertiary/aromatic N) is 1. The van der Waals surface area contributed by atoms with E-state index in [1.165, 1.54) is 6.20 Å². The van der Waals surface area contributed by atoms with E-state index in [4.69, 9.17) is 9.84 Å². The molecule has 1 rings (SSSR count). The molecule has 110 valence electrons. The van der Waals surface area contributed by atoms with Crippen LogP contribution in [0.15, 0.2) is 11.2 Å². The Kier molecular flexibility index (Phi) is 7.00. The second-order valence-corrected chi connectivity index (χ2v) is 5.80. The molecular weight excluding hydrogens is 270 g/mol. The van der Waals surface area contributed by atoms with E-state index in [0.717, 1.165) is 12.8 Å². The van der Waals surface area contributed by atoms with Crippen LogP contribution >= 0.6 is 0 Å². The highest BCUT2D eigenvalue weighted by Crippen LogP contribution is 2.11. The highest BCUT2D eigenvalue weighted by molar-refractivity contribution is 7.89. The summed E-state index contributed by atoms with van der Waals surface area (Å²) in [6, 6.07) is 0. The summed E-state index contributed by atoms with van der Waals surface area (Å²) < 4.78 is 31.5. The lowest BCUT2D eigenvalue weighted by Crippen LogP contribution is -2.26. The van der Waals surface area contributed by atoms with Gasteiger partial charge in [-0.3, -0.25) is 5.10 Å². The number of aliphatic hydroxyl groups excluding tert-OH is 1. The summed E-state index contributed by atoms with van der Waals surface area (Å²) in [5.74, 6) is 0. The molecule has 19 heavy (non-hydrogen) atoms. The quantitative estimate of drug-likeness (QED) is 0.541. The minimum absolute atomic E-state index is 0.0816. The number of rotatable bonds is 10. The zero-order chi connectivity index (χ0) is 14.1. The van der Waals surface area contributed by atoms with Crippen LogP contribution in [-0.4, -0.2) is 43.5 Å². The molecule has 0 unspecified atom stereocenters. The topological polar surface area (TPSA) is 104 Å². The molecule has 0 atom stereocenters. The summed E-state index contributed by atoms with van der Waals surface area (Å²) in [4.78, 5) is 0. The maximum Gasteiger partial charge on any atom is 0.257 e. The first-order valence-electron chi connectivity index (χ1n) is 6.32. The van der Waals surface area contributed by atoms with E-state index in [1.807, 2.05) is 0 Å². The van der Waals surface area contributed by atoms with E-state index in [2.05, 4.69) is 21.8 Å². The third-order valence-corrected chi connectivity index (χ3v) is 3.99. The van der Waals surface area contributed by atoms with Gasteiger partial charge < -0.3 is 9.84 Å². The summed E-state index contributed by atoms with van der Waals surface area (Å²) in [7, 11) is -3.64. The Bertz CT molecular complexity index is 458. The van der Waals surface area contributed by atoms with Crippen molar-refractivity contribution < 1.29 is 18.3 Å². The zero-order valence-corrected chi connectivity index (χ0v) is 11.9. The standard InChI is InChI=1S/C11H21N3O4S/c1-2-3-6-18-7-4-5-13-19(16,17)11-10(9-15)8-12-14-11/h8,13,15H,2-7,9H2,1H3,(H,12,14). The summed E-state index contributed by atoms with van der Waals surface area (Å²) in [6.45, 7) is 3.24. The molecule has 0 saturated heterocycles. The van der Waals surface area contributed by atoms with Gasteiger partial charge in [-0.2, -0.15) is 5.10 Å². The van der Waals surface area contributed by atoms with Crippen molar-refractivity contribution in [2.24, 2.45) is 0 Å². The Labute approximate surface area is 113 Å². The fraction of sp³-hybridized carbons (Fsp3) is 0.727. The van der Waals surface area contributed by atoms with E-state index < -0.39 is 10.0 Å². The van der Waals surface area contributed by atoms with Gasteiger partial charge in [0.25, 0.3) is 10.0 Å². The van der Waals surface area contributed by atoms with Gasteiger partial charge in [-0.25, -0.2) is 13.1 Å². The molecule has 7 nitrogen and oxygen atoms in total. The van der Waals surface area contributed by atoms with Gasteiger partial charge in [0.2, 0.25) is 0 Å². The van der Waals surface area contributed by atoms with Crippen molar-refractivity contribution in [1.82, 2.24) is 14.9 Å². The lowest BCUT2D eigenvalue weighted by molar-refractivity contribution is 0.130. The molecule has 0 aromatic carbocycles. The monoisotopic (exact) mass is 291 g/mol. The van der Waals surface area contributed by atoms with Gasteiger partial charge in [0.05, 0.1) is 12.8 Å². The molecule has 0 aliphatic rings. The first-order valence-corrected chi connectivity index (χ1v) is 7.80. The maximum absolute atomic E-state index is 11.9. The van der Waals surface area contributed by atoms with Gasteiger partial charge in [-0.05, 0) is 12.8 Å². The molecule has 0 aliphatic carbocycles. The number of hydrogen-bond acceptors (Lipinski definition) is 5. The summed E-state index contributed by atoms with van der Waals surface area (Å²) in [6.07, 6.45) is 3.99. The number of aromatic nitrogens is 2. The molecule has 0 spiro atoms. The molecule has 8 heteroatoms. The fourth-order valence-corrected chi connectivity index (χ4v) is 2.64. The third kappa shape index (κ3) is 5.27. The van der Waals surface area contributed by atoms with Crippen LogP contribution in [-0.2, 0) is 21.4 Å². The molecule has 1 aromatic rings. The Morgan fingerprint density at radius 3 is 2.84 bits per heavy atom. The molecule has 0 radical (unpaired) electrons. The van der Waals surface area contributed by atoms with E-state index in [0.29, 0.717) is 26.2 Å². The van der Waals surface area contributed by atoms with Crippen LogP contribution in [0.5, 0.6) is 0 Å². The van der Waals surface area contributed by atoms with Gasteiger partial charge in [-0.15, -0.1) is 0 Å². The molecule has 1 aromatic heterocycles. The highest BCUT2D eigenvalue weighted by atomic mass is 32.2. The van der Waals surface area contributed by atoms with Crippen LogP contribution in [0.2, 0.25) is 0 Å². The van der Waals surface area contributed by atoms with Crippen molar-refractivity contribution in [3.8, 4) is 0 Å². The van der Waals surface area contributed by atoms with E-state index in [-0.39, 0.29) is 17.2 Å². The molecule has 0 fully saturated rings. The van der Waals surface area contributed by atoms with Crippen molar-refractivity contribution in [2.75, 3.05) is 19.8 Å². The normalized spacial score (nSPS) is 11.9. The van der Waals surface area contributed by atoms with Gasteiger partial charge in [0.15, 0.2) is 5.03 Å². The zero-order valence-electron chi connectivity index (χ0n) is 11.1. The number of nitrogens with one attached hydrogen (secondary N) is 2. The van der Waals surface area contributed by atoms with Gasteiger partial charge in [-0.1, -0.05) is 13.3 Å². The number of sulfonamides is 1. The van der Waals surface area contributed by atoms with E-state index in [1.54, 1.807) is 0 Å². The molecular formula is C11H21N3O4S. The second-order valence-electron chi connectivity index (χ2n) is 4.10. The van der Waals surface area contributed by atoms with E-state index in [9.17, 15) is 8.42 Å². The number of H-pyrrole nitrogens is 1. The predicted octanol–water partition coefficient (Wildman–Crippen LogP) is 0.387. The number of ether oxygens (including phenoxy) is 1. The summed E-state index contributed by atoms with van der Waals surface area (Å²) in [5, 5.41) is 14.9. The summed E-state index contributed by atoms with van der Waals surface area (Å²) >= 11 is 0. The molecule has 3 N–H and O–H groups in total. The van der Waals surface area contributed by atoms with Crippen LogP contribution in [0.3, 0.4) is 0 Å². The van der Waals surface area contributed by atoms with Crippen molar-refractivity contribution in [2.45, 2.75) is 37.8 Å². The average molecular weight is 291 g/mol. The second kappa shape index (κ2) is 8.26. The lowest BCUT2D eigenvalue weighted by atomic mass is 10.4.